The molecule has 4 N–H and O–H groups in total. The first-order valence-electron chi connectivity index (χ1n) is 7.74. The molecule has 2 aromatic rings. The standard InChI is InChI=1S/C18H25N5/c1-14(21-23(4)16-11-9-15(19)10-12-16)13-22(3)18-8-6-5-7-17(18)20-2/h5-12,20H,13,19H2,1-4H3/p+1/b21-14+. The van der Waals surface area contributed by atoms with Gasteiger partial charge in [-0.3, -0.25) is 5.01 Å². The molecule has 0 aliphatic carbocycles. The summed E-state index contributed by atoms with van der Waals surface area (Å²) in [6, 6.07) is 16.1. The molecule has 5 heteroatoms. The molecule has 0 saturated carbocycles. The summed E-state index contributed by atoms with van der Waals surface area (Å²) in [5.74, 6) is 0. The van der Waals surface area contributed by atoms with E-state index in [1.165, 1.54) is 11.4 Å². The molecule has 0 aliphatic rings. The second-order valence-corrected chi connectivity index (χ2v) is 5.65. The van der Waals surface area contributed by atoms with Gasteiger partial charge in [-0.1, -0.05) is 12.1 Å². The topological polar surface area (TPSA) is 61.5 Å². The molecule has 0 saturated heterocycles. The van der Waals surface area contributed by atoms with Gasteiger partial charge < -0.3 is 16.0 Å². The highest BCUT2D eigenvalue weighted by Gasteiger charge is 2.10. The summed E-state index contributed by atoms with van der Waals surface area (Å²) in [5, 5.41) is 8.65. The Hall–Kier alpha value is -2.53. The molecule has 0 aromatic heterocycles. The molecule has 122 valence electrons. The van der Waals surface area contributed by atoms with Gasteiger partial charge in [-0.25, -0.2) is 0 Å². The largest absolute Gasteiger partial charge is 0.399 e. The van der Waals surface area contributed by atoms with Crippen molar-refractivity contribution in [2.45, 2.75) is 6.92 Å². The molecule has 2 aromatic carbocycles. The van der Waals surface area contributed by atoms with Gasteiger partial charge in [-0.2, -0.15) is 5.10 Å². The maximum Gasteiger partial charge on any atom is 0.152 e. The Kier molecular flexibility index (Phi) is 5.60. The predicted octanol–water partition coefficient (Wildman–Crippen LogP) is 2.04. The van der Waals surface area contributed by atoms with Gasteiger partial charge in [0.05, 0.1) is 30.7 Å². The maximum absolute atomic E-state index is 5.72. The van der Waals surface area contributed by atoms with Crippen molar-refractivity contribution in [1.82, 2.24) is 0 Å². The highest BCUT2D eigenvalue weighted by molar-refractivity contribution is 5.88. The van der Waals surface area contributed by atoms with Crippen LogP contribution < -0.4 is 21.0 Å². The van der Waals surface area contributed by atoms with Crippen LogP contribution in [0.3, 0.4) is 0 Å². The number of nitrogen functional groups attached to an aromatic ring is 1. The number of anilines is 3. The van der Waals surface area contributed by atoms with Crippen LogP contribution in [-0.2, 0) is 0 Å². The van der Waals surface area contributed by atoms with Crippen LogP contribution in [0.1, 0.15) is 6.92 Å². The fourth-order valence-electron chi connectivity index (χ4n) is 2.54. The number of benzene rings is 2. The van der Waals surface area contributed by atoms with E-state index < -0.39 is 0 Å². The lowest BCUT2D eigenvalue weighted by atomic mass is 10.2. The predicted molar refractivity (Wildman–Crippen MR) is 99.6 cm³/mol. The first-order chi connectivity index (χ1) is 11.0. The molecule has 0 atom stereocenters. The van der Waals surface area contributed by atoms with Crippen LogP contribution in [-0.4, -0.2) is 33.4 Å². The van der Waals surface area contributed by atoms with E-state index in [9.17, 15) is 0 Å². The van der Waals surface area contributed by atoms with Gasteiger partial charge in [0.1, 0.15) is 0 Å². The average Bonchev–Trinajstić information content (AvgIpc) is 2.55. The van der Waals surface area contributed by atoms with Gasteiger partial charge in [-0.15, -0.1) is 0 Å². The number of hydrazone groups is 1. The molecule has 0 heterocycles. The van der Waals surface area contributed by atoms with Crippen LogP contribution in [0.4, 0.5) is 22.7 Å². The molecular formula is C18H26N5+. The number of nitrogens with zero attached hydrogens (tertiary/aromatic N) is 3. The molecule has 0 bridgehead atoms. The zero-order valence-electron chi connectivity index (χ0n) is 14.3. The average molecular weight is 312 g/mol. The molecule has 0 radical (unpaired) electrons. The Labute approximate surface area is 138 Å². The highest BCUT2D eigenvalue weighted by atomic mass is 15.4. The van der Waals surface area contributed by atoms with E-state index in [0.29, 0.717) is 0 Å². The van der Waals surface area contributed by atoms with E-state index in [1.54, 1.807) is 0 Å². The van der Waals surface area contributed by atoms with Crippen molar-refractivity contribution in [3.8, 4) is 0 Å². The zero-order valence-corrected chi connectivity index (χ0v) is 14.3. The second-order valence-electron chi connectivity index (χ2n) is 5.65. The first-order valence-corrected chi connectivity index (χ1v) is 7.74. The van der Waals surface area contributed by atoms with Gasteiger partial charge in [-0.05, 0) is 37.3 Å². The van der Waals surface area contributed by atoms with Gasteiger partial charge in [0.2, 0.25) is 0 Å². The van der Waals surface area contributed by atoms with Crippen molar-refractivity contribution in [2.75, 3.05) is 43.3 Å². The SMILES string of the molecule is C[NH2+]c1ccccc1N(C)C/C(C)=N/N(C)c1ccc(N)cc1. The Morgan fingerprint density at radius 1 is 1.09 bits per heavy atom. The summed E-state index contributed by atoms with van der Waals surface area (Å²) in [5.41, 5.74) is 11.0. The van der Waals surface area contributed by atoms with Crippen molar-refractivity contribution < 1.29 is 5.32 Å². The Balaban J connectivity index is 2.08. The monoisotopic (exact) mass is 312 g/mol. The maximum atomic E-state index is 5.72. The first kappa shape index (κ1) is 16.8. The Morgan fingerprint density at radius 3 is 2.39 bits per heavy atom. The number of hydrogen-bond acceptors (Lipinski definition) is 4. The van der Waals surface area contributed by atoms with Gasteiger partial charge >= 0.3 is 0 Å². The quantitative estimate of drug-likeness (QED) is 0.487. The summed E-state index contributed by atoms with van der Waals surface area (Å²) in [7, 11) is 6.09. The smallest absolute Gasteiger partial charge is 0.152 e. The van der Waals surface area contributed by atoms with Crippen molar-refractivity contribution in [2.24, 2.45) is 5.10 Å². The molecule has 0 unspecified atom stereocenters. The van der Waals surface area contributed by atoms with E-state index in [0.717, 1.165) is 23.6 Å². The third-order valence-corrected chi connectivity index (χ3v) is 3.71. The number of para-hydroxylation sites is 2. The van der Waals surface area contributed by atoms with E-state index in [-0.39, 0.29) is 0 Å². The summed E-state index contributed by atoms with van der Waals surface area (Å²) in [6.07, 6.45) is 0. The van der Waals surface area contributed by atoms with Crippen LogP contribution in [0.25, 0.3) is 0 Å². The lowest BCUT2D eigenvalue weighted by Gasteiger charge is -2.21. The van der Waals surface area contributed by atoms with E-state index in [1.807, 2.05) is 43.2 Å². The number of rotatable bonds is 6. The molecule has 0 amide bonds. The van der Waals surface area contributed by atoms with E-state index >= 15 is 0 Å². The van der Waals surface area contributed by atoms with Gasteiger partial charge in [0.25, 0.3) is 0 Å². The minimum Gasteiger partial charge on any atom is -0.399 e. The molecular weight excluding hydrogens is 286 g/mol. The van der Waals surface area contributed by atoms with Crippen molar-refractivity contribution in [1.29, 1.82) is 0 Å². The Morgan fingerprint density at radius 2 is 1.74 bits per heavy atom. The third kappa shape index (κ3) is 4.47. The molecule has 2 rings (SSSR count). The van der Waals surface area contributed by atoms with Crippen LogP contribution in [0.2, 0.25) is 0 Å². The zero-order chi connectivity index (χ0) is 16.8. The number of quaternary nitrogens is 1. The van der Waals surface area contributed by atoms with Crippen LogP contribution in [0.15, 0.2) is 53.6 Å². The summed E-state index contributed by atoms with van der Waals surface area (Å²) < 4.78 is 0. The Bertz CT molecular complexity index is 663. The molecule has 0 aliphatic heterocycles. The molecule has 23 heavy (non-hydrogen) atoms. The van der Waals surface area contributed by atoms with Gasteiger partial charge in [0.15, 0.2) is 5.69 Å². The fraction of sp³-hybridized carbons (Fsp3) is 0.278. The number of hydrogen-bond donors (Lipinski definition) is 2. The molecule has 0 fully saturated rings. The fourth-order valence-corrected chi connectivity index (χ4v) is 2.54. The number of nitrogens with two attached hydrogens (primary N) is 2. The highest BCUT2D eigenvalue weighted by Crippen LogP contribution is 2.20. The lowest BCUT2D eigenvalue weighted by molar-refractivity contribution is -0.538. The lowest BCUT2D eigenvalue weighted by Crippen LogP contribution is -2.73. The van der Waals surface area contributed by atoms with Crippen molar-refractivity contribution in [3.63, 3.8) is 0 Å². The normalized spacial score (nSPS) is 11.4. The van der Waals surface area contributed by atoms with Crippen LogP contribution in [0.5, 0.6) is 0 Å². The summed E-state index contributed by atoms with van der Waals surface area (Å²) >= 11 is 0. The van der Waals surface area contributed by atoms with Crippen LogP contribution >= 0.6 is 0 Å². The third-order valence-electron chi connectivity index (χ3n) is 3.71. The second kappa shape index (κ2) is 7.65. The summed E-state index contributed by atoms with van der Waals surface area (Å²) in [6.45, 7) is 2.81. The van der Waals surface area contributed by atoms with Crippen LogP contribution in [0, 0.1) is 0 Å². The van der Waals surface area contributed by atoms with E-state index in [2.05, 4.69) is 53.7 Å². The summed E-state index contributed by atoms with van der Waals surface area (Å²) in [4.78, 5) is 2.21. The minimum atomic E-state index is 0.759. The molecule has 0 spiro atoms. The minimum absolute atomic E-state index is 0.759. The van der Waals surface area contributed by atoms with Crippen molar-refractivity contribution >= 4 is 28.5 Å². The van der Waals surface area contributed by atoms with E-state index in [4.69, 9.17) is 5.73 Å². The van der Waals surface area contributed by atoms with Gasteiger partial charge in [0, 0.05) is 25.8 Å². The van der Waals surface area contributed by atoms with Crippen molar-refractivity contribution in [3.05, 3.63) is 48.5 Å². The molecule has 5 nitrogen and oxygen atoms in total.